The van der Waals surface area contributed by atoms with Crippen LogP contribution in [0.5, 0.6) is 0 Å². The van der Waals surface area contributed by atoms with Crippen LogP contribution in [-0.2, 0) is 16.0 Å². The standard InChI is InChI=1S/C32H38FN5O3S/c1-19-26(27(30(39)40)41-31(2,3)4)29(37-14-12-32(5,13-15-37)21-8-9-21)38-25(35-19)17-24(36-38)28-34-18-23(42-28)16-20-6-10-22(33)11-7-20/h6-7,10-11,17-18,21,27H,8-9,12-16H2,1-5H3,(H,39,40)/t27-/m0/s1. The molecule has 1 aromatic carbocycles. The highest BCUT2D eigenvalue weighted by molar-refractivity contribution is 7.15. The number of hydrogen-bond acceptors (Lipinski definition) is 7. The van der Waals surface area contributed by atoms with Crippen molar-refractivity contribution < 1.29 is 19.0 Å². The predicted molar refractivity (Wildman–Crippen MR) is 162 cm³/mol. The number of halogens is 1. The Kier molecular flexibility index (Phi) is 7.33. The summed E-state index contributed by atoms with van der Waals surface area (Å²) in [6.45, 7) is 11.5. The number of carboxylic acids is 1. The number of aryl methyl sites for hydroxylation is 1. The lowest BCUT2D eigenvalue weighted by Gasteiger charge is -2.42. The lowest BCUT2D eigenvalue weighted by atomic mass is 9.76. The average Bonchev–Trinajstić information content (AvgIpc) is 3.56. The van der Waals surface area contributed by atoms with Crippen molar-refractivity contribution in [3.8, 4) is 10.7 Å². The number of piperidine rings is 1. The van der Waals surface area contributed by atoms with Crippen molar-refractivity contribution in [2.45, 2.75) is 78.4 Å². The van der Waals surface area contributed by atoms with Crippen LogP contribution in [0.25, 0.3) is 16.3 Å². The van der Waals surface area contributed by atoms with Crippen molar-refractivity contribution in [3.05, 3.63) is 64.0 Å². The summed E-state index contributed by atoms with van der Waals surface area (Å²) in [4.78, 5) is 25.5. The van der Waals surface area contributed by atoms with Gasteiger partial charge in [0, 0.05) is 42.3 Å². The lowest BCUT2D eigenvalue weighted by Crippen LogP contribution is -2.42. The van der Waals surface area contributed by atoms with Crippen molar-refractivity contribution in [3.63, 3.8) is 0 Å². The van der Waals surface area contributed by atoms with Crippen LogP contribution in [-0.4, -0.2) is 49.3 Å². The zero-order valence-corrected chi connectivity index (χ0v) is 25.7. The van der Waals surface area contributed by atoms with E-state index in [1.54, 1.807) is 16.6 Å². The Morgan fingerprint density at radius 3 is 2.52 bits per heavy atom. The highest BCUT2D eigenvalue weighted by Crippen LogP contribution is 2.52. The van der Waals surface area contributed by atoms with E-state index in [1.165, 1.54) is 36.3 Å². The Balaban J connectivity index is 1.41. The van der Waals surface area contributed by atoms with Crippen LogP contribution < -0.4 is 4.90 Å². The second-order valence-electron chi connectivity index (χ2n) is 13.0. The molecule has 3 aromatic heterocycles. The number of nitrogens with zero attached hydrogens (tertiary/aromatic N) is 5. The monoisotopic (exact) mass is 591 g/mol. The first-order valence-corrected chi connectivity index (χ1v) is 15.5. The first kappa shape index (κ1) is 28.7. The SMILES string of the molecule is Cc1nc2cc(-c3ncc(Cc4ccc(F)cc4)s3)nn2c(N2CCC(C)(C3CC3)CC2)c1[C@H](OC(C)(C)C)C(=O)O. The Morgan fingerprint density at radius 1 is 1.21 bits per heavy atom. The smallest absolute Gasteiger partial charge is 0.337 e. The summed E-state index contributed by atoms with van der Waals surface area (Å²) >= 11 is 1.54. The Labute approximate surface area is 249 Å². The predicted octanol–water partition coefficient (Wildman–Crippen LogP) is 6.85. The molecule has 4 aromatic rings. The summed E-state index contributed by atoms with van der Waals surface area (Å²) in [7, 11) is 0. The number of hydrogen-bond donors (Lipinski definition) is 1. The van der Waals surface area contributed by atoms with Gasteiger partial charge in [-0.2, -0.15) is 9.61 Å². The van der Waals surface area contributed by atoms with Crippen molar-refractivity contribution >= 4 is 28.8 Å². The van der Waals surface area contributed by atoms with E-state index in [0.717, 1.165) is 53.1 Å². The molecule has 0 bridgehead atoms. The van der Waals surface area contributed by atoms with Crippen LogP contribution in [0.2, 0.25) is 0 Å². The van der Waals surface area contributed by atoms with Crippen LogP contribution in [0.4, 0.5) is 10.2 Å². The number of carboxylic acid groups (broad SMARTS) is 1. The van der Waals surface area contributed by atoms with Crippen LogP contribution in [0, 0.1) is 24.1 Å². The van der Waals surface area contributed by atoms with Crippen molar-refractivity contribution in [1.82, 2.24) is 19.6 Å². The number of thiazole rings is 1. The molecule has 4 heterocycles. The molecule has 0 spiro atoms. The zero-order valence-electron chi connectivity index (χ0n) is 24.9. The lowest BCUT2D eigenvalue weighted by molar-refractivity contribution is -0.160. The molecule has 1 saturated carbocycles. The highest BCUT2D eigenvalue weighted by Gasteiger charge is 2.44. The molecule has 1 N–H and O–H groups in total. The third-order valence-corrected chi connectivity index (χ3v) is 9.61. The van der Waals surface area contributed by atoms with Crippen LogP contribution >= 0.6 is 11.3 Å². The number of carbonyl (C=O) groups is 1. The highest BCUT2D eigenvalue weighted by atomic mass is 32.1. The number of ether oxygens (including phenoxy) is 1. The zero-order chi connectivity index (χ0) is 29.8. The maximum Gasteiger partial charge on any atom is 0.337 e. The van der Waals surface area contributed by atoms with Crippen molar-refractivity contribution in [1.29, 1.82) is 0 Å². The summed E-state index contributed by atoms with van der Waals surface area (Å²) in [6.07, 6.45) is 6.00. The molecule has 42 heavy (non-hydrogen) atoms. The Hall–Kier alpha value is -3.37. The minimum absolute atomic E-state index is 0.254. The fourth-order valence-corrected chi connectivity index (χ4v) is 7.05. The van der Waals surface area contributed by atoms with Gasteiger partial charge in [0.05, 0.1) is 11.2 Å². The summed E-state index contributed by atoms with van der Waals surface area (Å²) < 4.78 is 21.3. The van der Waals surface area contributed by atoms with Gasteiger partial charge in [-0.1, -0.05) is 19.1 Å². The van der Waals surface area contributed by atoms with E-state index in [1.807, 2.05) is 40.0 Å². The third kappa shape index (κ3) is 5.79. The Morgan fingerprint density at radius 2 is 1.90 bits per heavy atom. The molecule has 6 rings (SSSR count). The molecule has 1 aliphatic heterocycles. The molecule has 222 valence electrons. The number of aliphatic carboxylic acids is 1. The van der Waals surface area contributed by atoms with Gasteiger partial charge in [-0.25, -0.2) is 19.2 Å². The summed E-state index contributed by atoms with van der Waals surface area (Å²) in [5.41, 5.74) is 3.14. The Bertz CT molecular complexity index is 1610. The number of fused-ring (bicyclic) bond motifs is 1. The molecular weight excluding hydrogens is 553 g/mol. The maximum absolute atomic E-state index is 13.4. The maximum atomic E-state index is 13.4. The molecular formula is C32H38FN5O3S. The first-order valence-electron chi connectivity index (χ1n) is 14.7. The van der Waals surface area contributed by atoms with E-state index in [4.69, 9.17) is 14.8 Å². The van der Waals surface area contributed by atoms with Gasteiger partial charge in [0.2, 0.25) is 0 Å². The second kappa shape index (κ2) is 10.7. The normalized spacial score (nSPS) is 18.0. The molecule has 1 atom stereocenters. The van der Waals surface area contributed by atoms with Gasteiger partial charge in [-0.15, -0.1) is 11.3 Å². The van der Waals surface area contributed by atoms with E-state index in [2.05, 4.69) is 16.8 Å². The fraction of sp³-hybridized carbons (Fsp3) is 0.500. The molecule has 10 heteroatoms. The van der Waals surface area contributed by atoms with Gasteiger partial charge in [0.15, 0.2) is 11.8 Å². The minimum atomic E-state index is -1.19. The van der Waals surface area contributed by atoms with Gasteiger partial charge in [0.1, 0.15) is 22.3 Å². The number of rotatable bonds is 8. The van der Waals surface area contributed by atoms with E-state index in [0.29, 0.717) is 34.4 Å². The molecule has 0 radical (unpaired) electrons. The number of aromatic nitrogens is 4. The number of anilines is 1. The number of benzene rings is 1. The molecule has 8 nitrogen and oxygen atoms in total. The fourth-order valence-electron chi connectivity index (χ4n) is 6.15. The van der Waals surface area contributed by atoms with Crippen LogP contribution in [0.3, 0.4) is 0 Å². The quantitative estimate of drug-likeness (QED) is 0.240. The summed E-state index contributed by atoms with van der Waals surface area (Å²) in [5.74, 6) is 0.226. The van der Waals surface area contributed by atoms with E-state index < -0.39 is 17.7 Å². The van der Waals surface area contributed by atoms with Gasteiger partial charge in [-0.05, 0) is 82.4 Å². The van der Waals surface area contributed by atoms with E-state index in [-0.39, 0.29) is 5.82 Å². The van der Waals surface area contributed by atoms with E-state index >= 15 is 0 Å². The topological polar surface area (TPSA) is 92.9 Å². The van der Waals surface area contributed by atoms with Gasteiger partial charge in [-0.3, -0.25) is 0 Å². The van der Waals surface area contributed by atoms with Crippen molar-refractivity contribution in [2.75, 3.05) is 18.0 Å². The first-order chi connectivity index (χ1) is 19.9. The summed E-state index contributed by atoms with van der Waals surface area (Å²) in [6, 6.07) is 8.42. The molecule has 1 aliphatic carbocycles. The molecule has 2 fully saturated rings. The van der Waals surface area contributed by atoms with Gasteiger partial charge >= 0.3 is 5.97 Å². The van der Waals surface area contributed by atoms with Crippen molar-refractivity contribution in [2.24, 2.45) is 11.3 Å². The summed E-state index contributed by atoms with van der Waals surface area (Å²) in [5, 5.41) is 16.1. The van der Waals surface area contributed by atoms with Gasteiger partial charge < -0.3 is 14.7 Å². The molecule has 1 saturated heterocycles. The van der Waals surface area contributed by atoms with Gasteiger partial charge in [0.25, 0.3) is 0 Å². The van der Waals surface area contributed by atoms with Crippen LogP contribution in [0.1, 0.15) is 81.2 Å². The molecule has 0 unspecified atom stereocenters. The average molecular weight is 592 g/mol. The molecule has 2 aliphatic rings. The molecule has 0 amide bonds. The van der Waals surface area contributed by atoms with E-state index in [9.17, 15) is 14.3 Å². The third-order valence-electron chi connectivity index (χ3n) is 8.59. The minimum Gasteiger partial charge on any atom is -0.479 e. The second-order valence-corrected chi connectivity index (χ2v) is 14.1. The largest absolute Gasteiger partial charge is 0.479 e. The van der Waals surface area contributed by atoms with Crippen LogP contribution in [0.15, 0.2) is 36.5 Å².